The lowest BCUT2D eigenvalue weighted by Crippen LogP contribution is -2.47. The second-order valence-electron chi connectivity index (χ2n) is 8.77. The van der Waals surface area contributed by atoms with Gasteiger partial charge in [0.1, 0.15) is 17.5 Å². The fourth-order valence-electron chi connectivity index (χ4n) is 4.37. The summed E-state index contributed by atoms with van der Waals surface area (Å²) in [7, 11) is 2.04. The number of carbonyl (C=O) groups excluding carboxylic acids is 2. The summed E-state index contributed by atoms with van der Waals surface area (Å²) in [6.07, 6.45) is 1.68. The molecule has 0 saturated carbocycles. The summed E-state index contributed by atoms with van der Waals surface area (Å²) in [5.74, 6) is -1.58. The third-order valence-electron chi connectivity index (χ3n) is 6.45. The number of likely N-dealkylation sites (N-methyl/N-ethyl adjacent to an activating group) is 1. The maximum absolute atomic E-state index is 14.3. The number of carbonyl (C=O) groups is 2. The zero-order valence-electron chi connectivity index (χ0n) is 19.3. The first kappa shape index (κ1) is 22.9. The number of nitrogens with zero attached hydrogens (tertiary/aromatic N) is 4. The smallest absolute Gasteiger partial charge is 0.261 e. The third-order valence-corrected chi connectivity index (χ3v) is 6.45. The molecule has 0 atom stereocenters. The van der Waals surface area contributed by atoms with Gasteiger partial charge in [0.05, 0.1) is 11.3 Å². The first-order valence-corrected chi connectivity index (χ1v) is 11.5. The molecule has 2 aromatic carbocycles. The van der Waals surface area contributed by atoms with E-state index >= 15 is 0 Å². The summed E-state index contributed by atoms with van der Waals surface area (Å²) < 4.78 is 28.0. The molecule has 1 aromatic heterocycles. The number of rotatable bonds is 3. The minimum Gasteiger partial charge on any atom is -0.367 e. The summed E-state index contributed by atoms with van der Waals surface area (Å²) in [5, 5.41) is 3.14. The lowest BCUT2D eigenvalue weighted by atomic mass is 10.0. The number of fused-ring (bicyclic) bond motifs is 1. The van der Waals surface area contributed by atoms with Crippen LogP contribution in [0.3, 0.4) is 0 Å². The number of pyridine rings is 1. The van der Waals surface area contributed by atoms with E-state index < -0.39 is 17.5 Å². The Kier molecular flexibility index (Phi) is 6.17. The Morgan fingerprint density at radius 1 is 0.886 bits per heavy atom. The van der Waals surface area contributed by atoms with Gasteiger partial charge in [-0.05, 0) is 49.0 Å². The van der Waals surface area contributed by atoms with Crippen LogP contribution in [0.1, 0.15) is 20.7 Å². The topological polar surface area (TPSA) is 68.8 Å². The Morgan fingerprint density at radius 2 is 1.63 bits per heavy atom. The van der Waals surface area contributed by atoms with Gasteiger partial charge in [-0.2, -0.15) is 0 Å². The van der Waals surface area contributed by atoms with E-state index in [-0.39, 0.29) is 18.0 Å². The molecule has 5 rings (SSSR count). The van der Waals surface area contributed by atoms with Gasteiger partial charge in [0.15, 0.2) is 0 Å². The molecule has 0 bridgehead atoms. The highest BCUT2D eigenvalue weighted by atomic mass is 19.1. The van der Waals surface area contributed by atoms with Crippen LogP contribution in [0.25, 0.3) is 11.1 Å². The van der Waals surface area contributed by atoms with Crippen molar-refractivity contribution in [3.05, 3.63) is 77.5 Å². The fourth-order valence-corrected chi connectivity index (χ4v) is 4.37. The number of hydrogen-bond acceptors (Lipinski definition) is 5. The van der Waals surface area contributed by atoms with Crippen LogP contribution in [-0.2, 0) is 0 Å². The van der Waals surface area contributed by atoms with Gasteiger partial charge in [0.2, 0.25) is 0 Å². The summed E-state index contributed by atoms with van der Waals surface area (Å²) in [5.41, 5.74) is 2.34. The summed E-state index contributed by atoms with van der Waals surface area (Å²) in [6, 6.07) is 11.9. The number of piperazine rings is 1. The lowest BCUT2D eigenvalue weighted by molar-refractivity contribution is 0.0664. The number of anilines is 2. The SMILES string of the molecule is CN1CCN(C(=O)c2ccc(-c3cnc4c(c3)N(C(=O)c3cc(F)ccc3F)CCN4)cc2)CC1. The Bertz CT molecular complexity index is 1270. The van der Waals surface area contributed by atoms with Crippen LogP contribution in [-0.4, -0.2) is 72.9 Å². The second kappa shape index (κ2) is 9.42. The molecule has 7 nitrogen and oxygen atoms in total. The molecule has 0 radical (unpaired) electrons. The van der Waals surface area contributed by atoms with E-state index in [1.165, 1.54) is 4.90 Å². The van der Waals surface area contributed by atoms with Crippen molar-refractivity contribution in [3.8, 4) is 11.1 Å². The van der Waals surface area contributed by atoms with Crippen LogP contribution >= 0.6 is 0 Å². The number of benzene rings is 2. The molecular weight excluding hydrogens is 452 g/mol. The van der Waals surface area contributed by atoms with Crippen molar-refractivity contribution in [2.24, 2.45) is 0 Å². The van der Waals surface area contributed by atoms with Crippen molar-refractivity contribution in [2.75, 3.05) is 56.5 Å². The van der Waals surface area contributed by atoms with E-state index in [1.807, 2.05) is 24.1 Å². The average molecular weight is 478 g/mol. The highest BCUT2D eigenvalue weighted by Crippen LogP contribution is 2.33. The van der Waals surface area contributed by atoms with Gasteiger partial charge in [-0.1, -0.05) is 12.1 Å². The standard InChI is InChI=1S/C26H25F2N5O2/c1-31-10-12-32(13-11-31)25(34)18-4-2-17(3-5-18)19-14-23-24(30-16-19)29-8-9-33(23)26(35)21-15-20(27)6-7-22(21)28/h2-7,14-16H,8-13H2,1H3,(H,29,30). The third kappa shape index (κ3) is 4.59. The first-order chi connectivity index (χ1) is 16.9. The molecule has 180 valence electrons. The van der Waals surface area contributed by atoms with Crippen LogP contribution in [0.15, 0.2) is 54.7 Å². The molecule has 2 aliphatic rings. The zero-order valence-corrected chi connectivity index (χ0v) is 19.3. The van der Waals surface area contributed by atoms with E-state index in [0.29, 0.717) is 36.7 Å². The number of halogens is 2. The van der Waals surface area contributed by atoms with E-state index in [4.69, 9.17) is 0 Å². The molecular formula is C26H25F2N5O2. The summed E-state index contributed by atoms with van der Waals surface area (Å²) >= 11 is 0. The van der Waals surface area contributed by atoms with Gasteiger partial charge >= 0.3 is 0 Å². The predicted molar refractivity (Wildman–Crippen MR) is 130 cm³/mol. The van der Waals surface area contributed by atoms with Crippen LogP contribution in [0, 0.1) is 11.6 Å². The highest BCUT2D eigenvalue weighted by molar-refractivity contribution is 6.08. The van der Waals surface area contributed by atoms with E-state index in [9.17, 15) is 18.4 Å². The first-order valence-electron chi connectivity index (χ1n) is 11.5. The Labute approximate surface area is 202 Å². The van der Waals surface area contributed by atoms with Crippen molar-refractivity contribution in [2.45, 2.75) is 0 Å². The van der Waals surface area contributed by atoms with Crippen molar-refractivity contribution < 1.29 is 18.4 Å². The quantitative estimate of drug-likeness (QED) is 0.626. The van der Waals surface area contributed by atoms with Gasteiger partial charge in [-0.25, -0.2) is 13.8 Å². The van der Waals surface area contributed by atoms with Crippen LogP contribution in [0.5, 0.6) is 0 Å². The van der Waals surface area contributed by atoms with Crippen LogP contribution < -0.4 is 10.2 Å². The Hall–Kier alpha value is -3.85. The fraction of sp³-hybridized carbons (Fsp3) is 0.269. The molecule has 2 amide bonds. The summed E-state index contributed by atoms with van der Waals surface area (Å²) in [4.78, 5) is 35.8. The number of aromatic nitrogens is 1. The normalized spacial score (nSPS) is 16.0. The van der Waals surface area contributed by atoms with Gasteiger partial charge in [0, 0.05) is 56.6 Å². The number of nitrogens with one attached hydrogen (secondary N) is 1. The largest absolute Gasteiger partial charge is 0.367 e. The van der Waals surface area contributed by atoms with E-state index in [0.717, 1.165) is 42.4 Å². The molecule has 0 aliphatic carbocycles. The molecule has 0 unspecified atom stereocenters. The maximum atomic E-state index is 14.3. The van der Waals surface area contributed by atoms with E-state index in [1.54, 1.807) is 24.4 Å². The minimum absolute atomic E-state index is 0.00584. The van der Waals surface area contributed by atoms with E-state index in [2.05, 4.69) is 15.2 Å². The summed E-state index contributed by atoms with van der Waals surface area (Å²) in [6.45, 7) is 3.83. The zero-order chi connectivity index (χ0) is 24.5. The van der Waals surface area contributed by atoms with Gasteiger partial charge < -0.3 is 20.0 Å². The monoisotopic (exact) mass is 477 g/mol. The van der Waals surface area contributed by atoms with Gasteiger partial charge in [-0.3, -0.25) is 9.59 Å². The Morgan fingerprint density at radius 3 is 2.37 bits per heavy atom. The van der Waals surface area contributed by atoms with Crippen molar-refractivity contribution in [3.63, 3.8) is 0 Å². The minimum atomic E-state index is -0.777. The van der Waals surface area contributed by atoms with Crippen LogP contribution in [0.4, 0.5) is 20.3 Å². The highest BCUT2D eigenvalue weighted by Gasteiger charge is 2.27. The van der Waals surface area contributed by atoms with Crippen molar-refractivity contribution >= 4 is 23.3 Å². The molecule has 35 heavy (non-hydrogen) atoms. The molecule has 3 aromatic rings. The van der Waals surface area contributed by atoms with Gasteiger partial charge in [-0.15, -0.1) is 0 Å². The average Bonchev–Trinajstić information content (AvgIpc) is 2.89. The Balaban J connectivity index is 1.40. The number of hydrogen-bond donors (Lipinski definition) is 1. The molecule has 1 saturated heterocycles. The molecule has 1 N–H and O–H groups in total. The predicted octanol–water partition coefficient (Wildman–Crippen LogP) is 3.49. The van der Waals surface area contributed by atoms with Crippen molar-refractivity contribution in [1.82, 2.24) is 14.8 Å². The van der Waals surface area contributed by atoms with Crippen LogP contribution in [0.2, 0.25) is 0 Å². The van der Waals surface area contributed by atoms with Gasteiger partial charge in [0.25, 0.3) is 11.8 Å². The second-order valence-corrected chi connectivity index (χ2v) is 8.77. The molecule has 2 aliphatic heterocycles. The molecule has 9 heteroatoms. The maximum Gasteiger partial charge on any atom is 0.261 e. The molecule has 0 spiro atoms. The number of amides is 2. The lowest BCUT2D eigenvalue weighted by Gasteiger charge is -2.32. The molecule has 3 heterocycles. The van der Waals surface area contributed by atoms with Crippen molar-refractivity contribution in [1.29, 1.82) is 0 Å². The molecule has 1 fully saturated rings.